The fourth-order valence-corrected chi connectivity index (χ4v) is 3.52. The van der Waals surface area contributed by atoms with E-state index < -0.39 is 10.0 Å². The Morgan fingerprint density at radius 1 is 1.14 bits per heavy atom. The Kier molecular flexibility index (Phi) is 4.43. The number of hydrogen-bond acceptors (Lipinski definition) is 3. The number of anilines is 1. The molecule has 0 aliphatic carbocycles. The summed E-state index contributed by atoms with van der Waals surface area (Å²) >= 11 is 11.9. The van der Waals surface area contributed by atoms with Gasteiger partial charge in [-0.05, 0) is 42.8 Å². The van der Waals surface area contributed by atoms with Crippen LogP contribution in [-0.4, -0.2) is 8.42 Å². The highest BCUT2D eigenvalue weighted by Crippen LogP contribution is 2.28. The molecule has 1 N–H and O–H groups in total. The molecule has 0 bridgehead atoms. The molecule has 0 heterocycles. The molecule has 0 fully saturated rings. The van der Waals surface area contributed by atoms with Gasteiger partial charge in [0, 0.05) is 5.02 Å². The van der Waals surface area contributed by atoms with Crippen LogP contribution in [0.5, 0.6) is 0 Å². The van der Waals surface area contributed by atoms with E-state index in [1.54, 1.807) is 25.1 Å². The third kappa shape index (κ3) is 3.30. The van der Waals surface area contributed by atoms with E-state index in [0.29, 0.717) is 16.3 Å². The van der Waals surface area contributed by atoms with Crippen molar-refractivity contribution in [2.45, 2.75) is 11.8 Å². The molecule has 0 aliphatic rings. The average Bonchev–Trinajstić information content (AvgIpc) is 2.44. The summed E-state index contributed by atoms with van der Waals surface area (Å²) in [5, 5.41) is 9.36. The number of benzene rings is 2. The molecular weight excluding hydrogens is 331 g/mol. The molecule has 21 heavy (non-hydrogen) atoms. The van der Waals surface area contributed by atoms with E-state index in [-0.39, 0.29) is 15.5 Å². The first-order valence-electron chi connectivity index (χ1n) is 5.83. The monoisotopic (exact) mass is 340 g/mol. The van der Waals surface area contributed by atoms with E-state index in [0.717, 1.165) is 0 Å². The Bertz CT molecular complexity index is 843. The van der Waals surface area contributed by atoms with Gasteiger partial charge in [0.25, 0.3) is 10.0 Å². The molecule has 0 amide bonds. The Morgan fingerprint density at radius 3 is 2.52 bits per heavy atom. The zero-order valence-corrected chi connectivity index (χ0v) is 13.2. The second-order valence-electron chi connectivity index (χ2n) is 4.27. The molecule has 0 aliphatic heterocycles. The first-order valence-corrected chi connectivity index (χ1v) is 8.06. The molecule has 2 rings (SSSR count). The van der Waals surface area contributed by atoms with Crippen LogP contribution >= 0.6 is 23.2 Å². The largest absolute Gasteiger partial charge is 0.279 e. The second kappa shape index (κ2) is 5.94. The summed E-state index contributed by atoms with van der Waals surface area (Å²) < 4.78 is 27.2. The lowest BCUT2D eigenvalue weighted by Crippen LogP contribution is -2.14. The van der Waals surface area contributed by atoms with E-state index in [9.17, 15) is 8.42 Å². The fourth-order valence-electron chi connectivity index (χ4n) is 1.70. The smallest absolute Gasteiger partial charge is 0.263 e. The maximum Gasteiger partial charge on any atom is 0.263 e. The molecule has 2 aromatic rings. The van der Waals surface area contributed by atoms with Crippen molar-refractivity contribution in [3.63, 3.8) is 0 Å². The SMILES string of the molecule is Cc1c(Cl)cccc1NS(=O)(=O)c1cc(C#N)ccc1Cl. The van der Waals surface area contributed by atoms with E-state index >= 15 is 0 Å². The van der Waals surface area contributed by atoms with Crippen molar-refractivity contribution < 1.29 is 8.42 Å². The minimum atomic E-state index is -3.91. The molecule has 4 nitrogen and oxygen atoms in total. The molecule has 0 radical (unpaired) electrons. The fraction of sp³-hybridized carbons (Fsp3) is 0.0714. The zero-order chi connectivity index (χ0) is 15.6. The summed E-state index contributed by atoms with van der Waals surface area (Å²) in [6.45, 7) is 1.70. The number of nitriles is 1. The summed E-state index contributed by atoms with van der Waals surface area (Å²) in [5.41, 5.74) is 1.18. The van der Waals surface area contributed by atoms with Crippen molar-refractivity contribution >= 4 is 38.9 Å². The van der Waals surface area contributed by atoms with Crippen LogP contribution in [-0.2, 0) is 10.0 Å². The van der Waals surface area contributed by atoms with E-state index in [4.69, 9.17) is 28.5 Å². The van der Waals surface area contributed by atoms with Gasteiger partial charge in [-0.2, -0.15) is 5.26 Å². The molecule has 0 saturated heterocycles. The van der Waals surface area contributed by atoms with Crippen LogP contribution in [0.3, 0.4) is 0 Å². The zero-order valence-electron chi connectivity index (χ0n) is 10.9. The van der Waals surface area contributed by atoms with Crippen molar-refractivity contribution in [2.75, 3.05) is 4.72 Å². The van der Waals surface area contributed by atoms with Crippen molar-refractivity contribution in [1.29, 1.82) is 5.26 Å². The van der Waals surface area contributed by atoms with Gasteiger partial charge in [0.2, 0.25) is 0 Å². The Morgan fingerprint density at radius 2 is 1.86 bits per heavy atom. The van der Waals surface area contributed by atoms with Gasteiger partial charge in [0.15, 0.2) is 0 Å². The van der Waals surface area contributed by atoms with Gasteiger partial charge < -0.3 is 0 Å². The van der Waals surface area contributed by atoms with Gasteiger partial charge in [-0.1, -0.05) is 29.3 Å². The van der Waals surface area contributed by atoms with Crippen molar-refractivity contribution in [3.8, 4) is 6.07 Å². The van der Waals surface area contributed by atoms with Crippen LogP contribution in [0.4, 0.5) is 5.69 Å². The second-order valence-corrected chi connectivity index (χ2v) is 6.74. The molecule has 0 spiro atoms. The van der Waals surface area contributed by atoms with Crippen molar-refractivity contribution in [3.05, 3.63) is 57.6 Å². The number of nitrogens with one attached hydrogen (secondary N) is 1. The average molecular weight is 341 g/mol. The van der Waals surface area contributed by atoms with E-state index in [2.05, 4.69) is 4.72 Å². The third-order valence-corrected chi connectivity index (χ3v) is 5.12. The Hall–Kier alpha value is -1.74. The van der Waals surface area contributed by atoms with Crippen molar-refractivity contribution in [1.82, 2.24) is 0 Å². The number of hydrogen-bond donors (Lipinski definition) is 1. The van der Waals surface area contributed by atoms with Gasteiger partial charge in [0.1, 0.15) is 4.90 Å². The first-order chi connectivity index (χ1) is 9.85. The molecule has 0 saturated carbocycles. The van der Waals surface area contributed by atoms with Crippen LogP contribution < -0.4 is 4.72 Å². The molecule has 108 valence electrons. The lowest BCUT2D eigenvalue weighted by atomic mass is 10.2. The topological polar surface area (TPSA) is 70.0 Å². The predicted molar refractivity (Wildman–Crippen MR) is 83.2 cm³/mol. The molecule has 2 aromatic carbocycles. The minimum Gasteiger partial charge on any atom is -0.279 e. The van der Waals surface area contributed by atoms with Crippen LogP contribution in [0, 0.1) is 18.3 Å². The van der Waals surface area contributed by atoms with Gasteiger partial charge in [-0.15, -0.1) is 0 Å². The maximum absolute atomic E-state index is 12.4. The summed E-state index contributed by atoms with van der Waals surface area (Å²) in [4.78, 5) is -0.150. The first kappa shape index (κ1) is 15.6. The van der Waals surface area contributed by atoms with Gasteiger partial charge in [-0.3, -0.25) is 4.72 Å². The molecule has 0 atom stereocenters. The highest BCUT2D eigenvalue weighted by molar-refractivity contribution is 7.92. The molecule has 0 aromatic heterocycles. The Labute approximate surface area is 133 Å². The van der Waals surface area contributed by atoms with Gasteiger partial charge >= 0.3 is 0 Å². The molecule has 7 heteroatoms. The quantitative estimate of drug-likeness (QED) is 0.918. The van der Waals surface area contributed by atoms with Crippen LogP contribution in [0.2, 0.25) is 10.0 Å². The summed E-state index contributed by atoms with van der Waals surface area (Å²) in [5.74, 6) is 0. The van der Waals surface area contributed by atoms with Gasteiger partial charge in [0.05, 0.1) is 22.3 Å². The highest BCUT2D eigenvalue weighted by atomic mass is 35.5. The summed E-state index contributed by atoms with van der Waals surface area (Å²) in [6.07, 6.45) is 0. The van der Waals surface area contributed by atoms with Crippen LogP contribution in [0.15, 0.2) is 41.3 Å². The summed E-state index contributed by atoms with van der Waals surface area (Å²) in [6, 6.07) is 10.8. The molecule has 0 unspecified atom stereocenters. The van der Waals surface area contributed by atoms with Crippen LogP contribution in [0.1, 0.15) is 11.1 Å². The van der Waals surface area contributed by atoms with E-state index in [1.807, 2.05) is 6.07 Å². The Balaban J connectivity index is 2.49. The number of sulfonamides is 1. The molecular formula is C14H10Cl2N2O2S. The normalized spacial score (nSPS) is 11.0. The third-order valence-electron chi connectivity index (χ3n) is 2.86. The number of halogens is 2. The van der Waals surface area contributed by atoms with Crippen LogP contribution in [0.25, 0.3) is 0 Å². The maximum atomic E-state index is 12.4. The van der Waals surface area contributed by atoms with E-state index in [1.165, 1.54) is 18.2 Å². The minimum absolute atomic E-state index is 0.0428. The summed E-state index contributed by atoms with van der Waals surface area (Å²) in [7, 11) is -3.91. The lowest BCUT2D eigenvalue weighted by molar-refractivity contribution is 0.601. The predicted octanol–water partition coefficient (Wildman–Crippen LogP) is 3.97. The number of nitrogens with zero attached hydrogens (tertiary/aromatic N) is 1. The standard InChI is InChI=1S/C14H10Cl2N2O2S/c1-9-11(15)3-2-4-13(9)18-21(19,20)14-7-10(8-17)5-6-12(14)16/h2-7,18H,1H3. The highest BCUT2D eigenvalue weighted by Gasteiger charge is 2.20. The van der Waals surface area contributed by atoms with Gasteiger partial charge in [-0.25, -0.2) is 8.42 Å². The lowest BCUT2D eigenvalue weighted by Gasteiger charge is -2.12. The van der Waals surface area contributed by atoms with Crippen molar-refractivity contribution in [2.24, 2.45) is 0 Å². The number of rotatable bonds is 3.